The number of aromatic nitrogens is 4. The largest absolute Gasteiger partial charge is 0.439 e. The normalized spacial score (nSPS) is 10.9. The molecule has 2 N–H and O–H groups in total. The first kappa shape index (κ1) is 19.2. The summed E-state index contributed by atoms with van der Waals surface area (Å²) in [5, 5.41) is 10.2. The van der Waals surface area contributed by atoms with E-state index < -0.39 is 5.76 Å². The zero-order chi connectivity index (χ0) is 21.1. The van der Waals surface area contributed by atoms with E-state index >= 15 is 0 Å². The Morgan fingerprint density at radius 2 is 2.00 bits per heavy atom. The lowest BCUT2D eigenvalue weighted by molar-refractivity contribution is -0.116. The van der Waals surface area contributed by atoms with Gasteiger partial charge in [-0.05, 0) is 30.7 Å². The first-order valence-corrected chi connectivity index (χ1v) is 9.03. The third-order valence-corrected chi connectivity index (χ3v) is 4.32. The van der Waals surface area contributed by atoms with Crippen molar-refractivity contribution in [2.75, 3.05) is 5.32 Å². The van der Waals surface area contributed by atoms with Crippen LogP contribution in [0.2, 0.25) is 0 Å². The molecule has 4 aromatic rings. The van der Waals surface area contributed by atoms with E-state index in [4.69, 9.17) is 4.52 Å². The Morgan fingerprint density at radius 3 is 2.77 bits per heavy atom. The highest BCUT2D eigenvalue weighted by Gasteiger charge is 2.13. The summed E-state index contributed by atoms with van der Waals surface area (Å²) in [5.74, 6) is -0.473. The molecule has 152 valence electrons. The predicted octanol–water partition coefficient (Wildman–Crippen LogP) is 3.10. The predicted molar refractivity (Wildman–Crippen MR) is 104 cm³/mol. The van der Waals surface area contributed by atoms with Crippen molar-refractivity contribution in [3.8, 4) is 22.8 Å². The van der Waals surface area contributed by atoms with Gasteiger partial charge in [0.2, 0.25) is 17.6 Å². The van der Waals surface area contributed by atoms with Crippen LogP contribution >= 0.6 is 0 Å². The Hall–Kier alpha value is -4.08. The molecule has 1 amide bonds. The molecule has 0 unspecified atom stereocenters. The zero-order valence-corrected chi connectivity index (χ0v) is 15.8. The van der Waals surface area contributed by atoms with Crippen LogP contribution in [-0.4, -0.2) is 26.2 Å². The first-order valence-electron chi connectivity index (χ1n) is 9.03. The Bertz CT molecular complexity index is 1260. The van der Waals surface area contributed by atoms with Gasteiger partial charge in [0.25, 0.3) is 0 Å². The van der Waals surface area contributed by atoms with Crippen LogP contribution in [0.5, 0.6) is 0 Å². The smallest absolute Gasteiger partial charge is 0.339 e. The number of halogens is 1. The summed E-state index contributed by atoms with van der Waals surface area (Å²) in [4.78, 5) is 30.0. The fraction of sp³-hybridized carbons (Fsp3) is 0.150. The van der Waals surface area contributed by atoms with Gasteiger partial charge in [-0.25, -0.2) is 9.18 Å². The van der Waals surface area contributed by atoms with E-state index in [-0.39, 0.29) is 42.1 Å². The average molecular weight is 409 g/mol. The molecule has 2 heterocycles. The van der Waals surface area contributed by atoms with E-state index in [1.165, 1.54) is 6.07 Å². The average Bonchev–Trinajstić information content (AvgIpc) is 3.38. The molecule has 10 heteroatoms. The third kappa shape index (κ3) is 4.32. The second-order valence-electron chi connectivity index (χ2n) is 6.55. The summed E-state index contributed by atoms with van der Waals surface area (Å²) in [6.07, 6.45) is 0.332. The molecule has 0 bridgehead atoms. The molecule has 0 saturated heterocycles. The van der Waals surface area contributed by atoms with E-state index in [2.05, 4.69) is 30.1 Å². The van der Waals surface area contributed by atoms with Crippen molar-refractivity contribution in [2.24, 2.45) is 0 Å². The Labute approximate surface area is 168 Å². The van der Waals surface area contributed by atoms with Crippen LogP contribution in [0.1, 0.15) is 17.9 Å². The fourth-order valence-corrected chi connectivity index (χ4v) is 2.75. The molecule has 0 spiro atoms. The van der Waals surface area contributed by atoms with Crippen LogP contribution in [0.25, 0.3) is 22.8 Å². The molecule has 0 saturated carbocycles. The molecule has 0 aliphatic rings. The lowest BCUT2D eigenvalue weighted by Gasteiger charge is -2.05. The highest BCUT2D eigenvalue weighted by atomic mass is 19.1. The quantitative estimate of drug-likeness (QED) is 0.501. The number of hydrogen-bond donors (Lipinski definition) is 2. The van der Waals surface area contributed by atoms with E-state index in [9.17, 15) is 14.0 Å². The number of anilines is 1. The van der Waals surface area contributed by atoms with Crippen molar-refractivity contribution in [3.63, 3.8) is 0 Å². The van der Waals surface area contributed by atoms with Crippen molar-refractivity contribution < 1.29 is 18.2 Å². The maximum atomic E-state index is 13.7. The number of hydrogen-bond acceptors (Lipinski definition) is 7. The van der Waals surface area contributed by atoms with E-state index in [1.54, 1.807) is 43.3 Å². The molecular formula is C20H16FN5O4. The standard InChI is InChI=1S/C20H16FN5O4/c1-11-5-6-13(10-15(11)21)18-23-17(29-25-18)8-7-16(27)22-14-4-2-3-12(9-14)19-24-20(28)30-26-19/h2-6,9-10H,7-8H2,1H3,(H,22,27)(H,24,26,28). The number of benzene rings is 2. The van der Waals surface area contributed by atoms with Crippen LogP contribution in [0, 0.1) is 12.7 Å². The molecule has 2 aromatic heterocycles. The van der Waals surface area contributed by atoms with Crippen LogP contribution in [0.15, 0.2) is 56.3 Å². The lowest BCUT2D eigenvalue weighted by Crippen LogP contribution is -2.12. The molecule has 30 heavy (non-hydrogen) atoms. The molecule has 9 nitrogen and oxygen atoms in total. The van der Waals surface area contributed by atoms with Gasteiger partial charge < -0.3 is 9.84 Å². The highest BCUT2D eigenvalue weighted by Crippen LogP contribution is 2.20. The van der Waals surface area contributed by atoms with Crippen LogP contribution < -0.4 is 11.1 Å². The topological polar surface area (TPSA) is 127 Å². The minimum atomic E-state index is -0.660. The maximum absolute atomic E-state index is 13.7. The van der Waals surface area contributed by atoms with Gasteiger partial charge in [-0.1, -0.05) is 34.6 Å². The molecule has 0 atom stereocenters. The van der Waals surface area contributed by atoms with Crippen LogP contribution in [0.3, 0.4) is 0 Å². The van der Waals surface area contributed by atoms with Gasteiger partial charge in [-0.2, -0.15) is 4.98 Å². The SMILES string of the molecule is Cc1ccc(-c2noc(CCC(=O)Nc3cccc(-c4noc(=O)[nH]4)c3)n2)cc1F. The number of aromatic amines is 1. The van der Waals surface area contributed by atoms with Gasteiger partial charge >= 0.3 is 5.76 Å². The van der Waals surface area contributed by atoms with E-state index in [1.807, 2.05) is 0 Å². The van der Waals surface area contributed by atoms with Crippen LogP contribution in [-0.2, 0) is 11.2 Å². The number of nitrogens with zero attached hydrogens (tertiary/aromatic N) is 3. The van der Waals surface area contributed by atoms with Gasteiger partial charge in [0.1, 0.15) is 5.82 Å². The number of rotatable bonds is 6. The van der Waals surface area contributed by atoms with Crippen molar-refractivity contribution in [1.29, 1.82) is 0 Å². The van der Waals surface area contributed by atoms with Gasteiger partial charge in [0.05, 0.1) is 0 Å². The van der Waals surface area contributed by atoms with Crippen molar-refractivity contribution in [3.05, 3.63) is 70.3 Å². The molecule has 0 aliphatic heterocycles. The summed E-state index contributed by atoms with van der Waals surface area (Å²) in [7, 11) is 0. The number of H-pyrrole nitrogens is 1. The van der Waals surface area contributed by atoms with Crippen molar-refractivity contribution in [2.45, 2.75) is 19.8 Å². The van der Waals surface area contributed by atoms with Crippen molar-refractivity contribution >= 4 is 11.6 Å². The molecule has 2 aromatic carbocycles. The lowest BCUT2D eigenvalue weighted by atomic mass is 10.1. The molecular weight excluding hydrogens is 393 g/mol. The Balaban J connectivity index is 1.37. The summed E-state index contributed by atoms with van der Waals surface area (Å²) in [5.41, 5.74) is 2.15. The Kier molecular flexibility index (Phi) is 5.21. The third-order valence-electron chi connectivity index (χ3n) is 4.32. The summed E-state index contributed by atoms with van der Waals surface area (Å²) in [6.45, 7) is 1.67. The fourth-order valence-electron chi connectivity index (χ4n) is 2.75. The number of carbonyl (C=O) groups is 1. The van der Waals surface area contributed by atoms with E-state index in [0.717, 1.165) is 0 Å². The molecule has 4 rings (SSSR count). The molecule has 0 aliphatic carbocycles. The number of amides is 1. The minimum Gasteiger partial charge on any atom is -0.339 e. The van der Waals surface area contributed by atoms with Gasteiger partial charge in [0, 0.05) is 29.7 Å². The first-order chi connectivity index (χ1) is 14.5. The molecule has 0 radical (unpaired) electrons. The van der Waals surface area contributed by atoms with Crippen molar-refractivity contribution in [1.82, 2.24) is 20.3 Å². The van der Waals surface area contributed by atoms with Gasteiger partial charge in [0.15, 0.2) is 5.82 Å². The summed E-state index contributed by atoms with van der Waals surface area (Å²) in [6, 6.07) is 11.5. The number of nitrogens with one attached hydrogen (secondary N) is 2. The minimum absolute atomic E-state index is 0.106. The number of carbonyl (C=O) groups excluding carboxylic acids is 1. The monoisotopic (exact) mass is 409 g/mol. The zero-order valence-electron chi connectivity index (χ0n) is 15.8. The van der Waals surface area contributed by atoms with Gasteiger partial charge in [-0.15, -0.1) is 0 Å². The van der Waals surface area contributed by atoms with E-state index in [0.29, 0.717) is 22.4 Å². The summed E-state index contributed by atoms with van der Waals surface area (Å²) >= 11 is 0. The maximum Gasteiger partial charge on any atom is 0.439 e. The highest BCUT2D eigenvalue weighted by molar-refractivity contribution is 5.91. The number of aryl methyl sites for hydroxylation is 2. The second kappa shape index (κ2) is 8.11. The molecule has 0 fully saturated rings. The second-order valence-corrected chi connectivity index (χ2v) is 6.55. The Morgan fingerprint density at radius 1 is 1.13 bits per heavy atom. The van der Waals surface area contributed by atoms with Crippen LogP contribution in [0.4, 0.5) is 10.1 Å². The van der Waals surface area contributed by atoms with Gasteiger partial charge in [-0.3, -0.25) is 14.3 Å². The summed E-state index contributed by atoms with van der Waals surface area (Å²) < 4.78 is 23.3.